The molecule has 0 heterocycles. The molecule has 130 valence electrons. The average Bonchev–Trinajstić information content (AvgIpc) is 2.56. The summed E-state index contributed by atoms with van der Waals surface area (Å²) < 4.78 is 24.6. The summed E-state index contributed by atoms with van der Waals surface area (Å²) >= 11 is 6.03. The molecule has 0 bridgehead atoms. The van der Waals surface area contributed by atoms with E-state index >= 15 is 0 Å². The molecule has 0 spiro atoms. The maximum Gasteiger partial charge on any atom is 0.161 e. The van der Waals surface area contributed by atoms with Crippen molar-refractivity contribution in [2.75, 3.05) is 13.2 Å². The highest BCUT2D eigenvalue weighted by molar-refractivity contribution is 6.31. The summed E-state index contributed by atoms with van der Waals surface area (Å²) in [5, 5.41) is 3.72. The first-order valence-corrected chi connectivity index (χ1v) is 8.55. The molecule has 3 nitrogen and oxygen atoms in total. The van der Waals surface area contributed by atoms with E-state index in [1.54, 1.807) is 6.07 Å². The first-order valence-electron chi connectivity index (χ1n) is 8.17. The molecule has 2 aromatic rings. The Kier molecular flexibility index (Phi) is 7.35. The van der Waals surface area contributed by atoms with Crippen LogP contribution in [0.3, 0.4) is 0 Å². The third-order valence-electron chi connectivity index (χ3n) is 3.46. The summed E-state index contributed by atoms with van der Waals surface area (Å²) in [5.74, 6) is 0.991. The van der Waals surface area contributed by atoms with Crippen LogP contribution in [0, 0.1) is 5.82 Å². The molecule has 0 saturated heterocycles. The molecule has 2 aromatic carbocycles. The van der Waals surface area contributed by atoms with Gasteiger partial charge in [-0.15, -0.1) is 0 Å². The second-order valence-electron chi connectivity index (χ2n) is 5.42. The smallest absolute Gasteiger partial charge is 0.161 e. The summed E-state index contributed by atoms with van der Waals surface area (Å²) in [6, 6.07) is 10.2. The van der Waals surface area contributed by atoms with E-state index < -0.39 is 0 Å². The predicted molar refractivity (Wildman–Crippen MR) is 95.4 cm³/mol. The summed E-state index contributed by atoms with van der Waals surface area (Å²) in [6.45, 7) is 6.65. The zero-order valence-corrected chi connectivity index (χ0v) is 14.8. The first-order chi connectivity index (χ1) is 11.6. The molecule has 0 unspecified atom stereocenters. The fourth-order valence-electron chi connectivity index (χ4n) is 2.25. The number of hydrogen-bond acceptors (Lipinski definition) is 3. The number of benzene rings is 2. The predicted octanol–water partition coefficient (Wildman–Crippen LogP) is 4.96. The van der Waals surface area contributed by atoms with Gasteiger partial charge in [0.05, 0.1) is 11.6 Å². The third-order valence-corrected chi connectivity index (χ3v) is 3.81. The van der Waals surface area contributed by atoms with Crippen molar-refractivity contribution in [3.63, 3.8) is 0 Å². The zero-order valence-electron chi connectivity index (χ0n) is 14.1. The van der Waals surface area contributed by atoms with Gasteiger partial charge in [0.1, 0.15) is 12.4 Å². The Morgan fingerprint density at radius 2 is 1.88 bits per heavy atom. The van der Waals surface area contributed by atoms with Crippen LogP contribution < -0.4 is 14.8 Å². The SMILES string of the molecule is CCCNCc1ccc(OCc2ccc(F)cc2Cl)c(OCC)c1. The molecule has 0 amide bonds. The van der Waals surface area contributed by atoms with Crippen molar-refractivity contribution in [2.24, 2.45) is 0 Å². The maximum absolute atomic E-state index is 13.1. The van der Waals surface area contributed by atoms with E-state index in [0.29, 0.717) is 23.1 Å². The van der Waals surface area contributed by atoms with Crippen molar-refractivity contribution in [3.8, 4) is 11.5 Å². The Bertz CT molecular complexity index is 664. The first kappa shape index (κ1) is 18.6. The highest BCUT2D eigenvalue weighted by atomic mass is 35.5. The molecule has 0 aliphatic rings. The normalized spacial score (nSPS) is 10.7. The standard InChI is InChI=1S/C19H23ClFNO2/c1-3-9-22-12-14-5-8-18(19(10-14)23-4-2)24-13-15-6-7-16(21)11-17(15)20/h5-8,10-11,22H,3-4,9,12-13H2,1-2H3. The van der Waals surface area contributed by atoms with Crippen molar-refractivity contribution in [1.29, 1.82) is 0 Å². The minimum Gasteiger partial charge on any atom is -0.490 e. The second kappa shape index (κ2) is 9.50. The molecule has 0 aromatic heterocycles. The van der Waals surface area contributed by atoms with Gasteiger partial charge in [0.25, 0.3) is 0 Å². The lowest BCUT2D eigenvalue weighted by molar-refractivity contribution is 0.269. The Hall–Kier alpha value is -1.78. The van der Waals surface area contributed by atoms with E-state index in [2.05, 4.69) is 12.2 Å². The molecular formula is C19H23ClFNO2. The van der Waals surface area contributed by atoms with Crippen LogP contribution in [0.1, 0.15) is 31.4 Å². The van der Waals surface area contributed by atoms with Gasteiger partial charge in [0.2, 0.25) is 0 Å². The van der Waals surface area contributed by atoms with E-state index in [1.807, 2.05) is 25.1 Å². The molecule has 2 rings (SSSR count). The number of rotatable bonds is 9. The summed E-state index contributed by atoms with van der Waals surface area (Å²) in [4.78, 5) is 0. The number of nitrogens with one attached hydrogen (secondary N) is 1. The van der Waals surface area contributed by atoms with Crippen LogP contribution >= 0.6 is 11.6 Å². The molecule has 0 radical (unpaired) electrons. The Labute approximate surface area is 147 Å². The van der Waals surface area contributed by atoms with Gasteiger partial charge >= 0.3 is 0 Å². The van der Waals surface area contributed by atoms with Crippen molar-refractivity contribution in [3.05, 3.63) is 58.4 Å². The monoisotopic (exact) mass is 351 g/mol. The van der Waals surface area contributed by atoms with Crippen molar-refractivity contribution >= 4 is 11.6 Å². The molecule has 24 heavy (non-hydrogen) atoms. The lowest BCUT2D eigenvalue weighted by Gasteiger charge is -2.14. The molecule has 0 saturated carbocycles. The zero-order chi connectivity index (χ0) is 17.4. The number of halogens is 2. The Balaban J connectivity index is 2.07. The van der Waals surface area contributed by atoms with Gasteiger partial charge in [-0.1, -0.05) is 30.7 Å². The van der Waals surface area contributed by atoms with Gasteiger partial charge in [-0.2, -0.15) is 0 Å². The van der Waals surface area contributed by atoms with Gasteiger partial charge in [0.15, 0.2) is 11.5 Å². The molecule has 0 atom stereocenters. The fourth-order valence-corrected chi connectivity index (χ4v) is 2.48. The van der Waals surface area contributed by atoms with E-state index in [9.17, 15) is 4.39 Å². The van der Waals surface area contributed by atoms with Crippen molar-refractivity contribution in [1.82, 2.24) is 5.32 Å². The minimum absolute atomic E-state index is 0.257. The van der Waals surface area contributed by atoms with Gasteiger partial charge in [-0.25, -0.2) is 4.39 Å². The second-order valence-corrected chi connectivity index (χ2v) is 5.82. The topological polar surface area (TPSA) is 30.5 Å². The summed E-state index contributed by atoms with van der Waals surface area (Å²) in [7, 11) is 0. The van der Waals surface area contributed by atoms with Crippen LogP contribution in [0.4, 0.5) is 4.39 Å². The minimum atomic E-state index is -0.359. The van der Waals surface area contributed by atoms with E-state index in [0.717, 1.165) is 30.6 Å². The van der Waals surface area contributed by atoms with E-state index in [4.69, 9.17) is 21.1 Å². The van der Waals surface area contributed by atoms with Gasteiger partial charge in [-0.3, -0.25) is 0 Å². The Morgan fingerprint density at radius 1 is 1.04 bits per heavy atom. The fraction of sp³-hybridized carbons (Fsp3) is 0.368. The molecule has 1 N–H and O–H groups in total. The number of ether oxygens (including phenoxy) is 2. The maximum atomic E-state index is 13.1. The largest absolute Gasteiger partial charge is 0.490 e. The summed E-state index contributed by atoms with van der Waals surface area (Å²) in [5.41, 5.74) is 1.87. The average molecular weight is 352 g/mol. The highest BCUT2D eigenvalue weighted by Gasteiger charge is 2.09. The van der Waals surface area contributed by atoms with Crippen LogP contribution in [0.2, 0.25) is 5.02 Å². The van der Waals surface area contributed by atoms with E-state index in [1.165, 1.54) is 12.1 Å². The quantitative estimate of drug-likeness (QED) is 0.648. The molecule has 0 aliphatic carbocycles. The van der Waals surface area contributed by atoms with E-state index in [-0.39, 0.29) is 12.4 Å². The lowest BCUT2D eigenvalue weighted by atomic mass is 10.2. The third kappa shape index (κ3) is 5.39. The van der Waals surface area contributed by atoms with Gasteiger partial charge < -0.3 is 14.8 Å². The van der Waals surface area contributed by atoms with Crippen molar-refractivity contribution < 1.29 is 13.9 Å². The van der Waals surface area contributed by atoms with Crippen LogP contribution in [0.5, 0.6) is 11.5 Å². The molecule has 0 aliphatic heterocycles. The van der Waals surface area contributed by atoms with Crippen molar-refractivity contribution in [2.45, 2.75) is 33.4 Å². The number of hydrogen-bond donors (Lipinski definition) is 1. The molecular weight excluding hydrogens is 329 g/mol. The molecule has 5 heteroatoms. The lowest BCUT2D eigenvalue weighted by Crippen LogP contribution is -2.13. The van der Waals surface area contributed by atoms with Gasteiger partial charge in [-0.05, 0) is 49.7 Å². The van der Waals surface area contributed by atoms with Crippen LogP contribution in [0.15, 0.2) is 36.4 Å². The highest BCUT2D eigenvalue weighted by Crippen LogP contribution is 2.30. The Morgan fingerprint density at radius 3 is 2.58 bits per heavy atom. The van der Waals surface area contributed by atoms with Crippen LogP contribution in [-0.4, -0.2) is 13.2 Å². The van der Waals surface area contributed by atoms with Gasteiger partial charge in [0, 0.05) is 12.1 Å². The molecule has 0 fully saturated rings. The summed E-state index contributed by atoms with van der Waals surface area (Å²) in [6.07, 6.45) is 1.10. The van der Waals surface area contributed by atoms with Crippen LogP contribution in [0.25, 0.3) is 0 Å². The van der Waals surface area contributed by atoms with Crippen LogP contribution in [-0.2, 0) is 13.2 Å².